The van der Waals surface area contributed by atoms with Crippen LogP contribution in [0.1, 0.15) is 11.3 Å². The topological polar surface area (TPSA) is 16.1 Å². The van der Waals surface area contributed by atoms with Crippen LogP contribution < -0.4 is 4.90 Å². The van der Waals surface area contributed by atoms with Gasteiger partial charge in [-0.2, -0.15) is 0 Å². The molecule has 0 fully saturated rings. The van der Waals surface area contributed by atoms with Gasteiger partial charge in [-0.25, -0.2) is 4.98 Å². The third kappa shape index (κ3) is 4.24. The standard InChI is InChI=1S/C29H22N2/c1-3-10-26(11-4-1)31(27-12-5-2-6-13-27)28-21-16-23(17-22-28)15-19-25-20-18-24-9-7-8-14-29(24)30-25/h1-22H/b19-15+. The van der Waals surface area contributed by atoms with Crippen molar-refractivity contribution in [2.75, 3.05) is 4.90 Å². The van der Waals surface area contributed by atoms with Gasteiger partial charge in [0.25, 0.3) is 0 Å². The number of hydrogen-bond acceptors (Lipinski definition) is 2. The lowest BCUT2D eigenvalue weighted by atomic mass is 10.1. The van der Waals surface area contributed by atoms with E-state index in [1.54, 1.807) is 0 Å². The predicted molar refractivity (Wildman–Crippen MR) is 132 cm³/mol. The number of para-hydroxylation sites is 3. The quantitative estimate of drug-likeness (QED) is 0.299. The van der Waals surface area contributed by atoms with Crippen LogP contribution in [0.15, 0.2) is 121 Å². The molecule has 0 spiro atoms. The molecule has 0 bridgehead atoms. The van der Waals surface area contributed by atoms with E-state index in [-0.39, 0.29) is 0 Å². The number of anilines is 3. The van der Waals surface area contributed by atoms with E-state index in [0.717, 1.165) is 39.2 Å². The Kier molecular flexibility index (Phi) is 5.27. The largest absolute Gasteiger partial charge is 0.311 e. The fraction of sp³-hybridized carbons (Fsp3) is 0. The number of nitrogens with zero attached hydrogens (tertiary/aromatic N) is 2. The number of benzene rings is 4. The van der Waals surface area contributed by atoms with Crippen LogP contribution in [0.3, 0.4) is 0 Å². The first-order chi connectivity index (χ1) is 15.4. The Bertz CT molecular complexity index is 1270. The molecule has 148 valence electrons. The van der Waals surface area contributed by atoms with E-state index >= 15 is 0 Å². The van der Waals surface area contributed by atoms with Crippen molar-refractivity contribution < 1.29 is 0 Å². The van der Waals surface area contributed by atoms with Gasteiger partial charge in [-0.15, -0.1) is 0 Å². The molecule has 0 amide bonds. The molecule has 2 heteroatoms. The highest BCUT2D eigenvalue weighted by Crippen LogP contribution is 2.34. The zero-order valence-corrected chi connectivity index (χ0v) is 17.1. The Morgan fingerprint density at radius 1 is 0.484 bits per heavy atom. The number of fused-ring (bicyclic) bond motifs is 1. The monoisotopic (exact) mass is 398 g/mol. The fourth-order valence-corrected chi connectivity index (χ4v) is 3.69. The Hall–Kier alpha value is -4.17. The number of aromatic nitrogens is 1. The summed E-state index contributed by atoms with van der Waals surface area (Å²) in [4.78, 5) is 6.98. The minimum atomic E-state index is 0.956. The lowest BCUT2D eigenvalue weighted by Gasteiger charge is -2.25. The molecule has 5 aromatic rings. The maximum absolute atomic E-state index is 4.72. The van der Waals surface area contributed by atoms with Crippen LogP contribution in [0.25, 0.3) is 23.1 Å². The summed E-state index contributed by atoms with van der Waals surface area (Å²) < 4.78 is 0. The van der Waals surface area contributed by atoms with Gasteiger partial charge >= 0.3 is 0 Å². The molecule has 4 aromatic carbocycles. The highest BCUT2D eigenvalue weighted by atomic mass is 15.1. The minimum absolute atomic E-state index is 0.956. The molecule has 0 aliphatic carbocycles. The third-order valence-corrected chi connectivity index (χ3v) is 5.25. The third-order valence-electron chi connectivity index (χ3n) is 5.25. The van der Waals surface area contributed by atoms with Crippen molar-refractivity contribution in [3.63, 3.8) is 0 Å². The lowest BCUT2D eigenvalue weighted by molar-refractivity contribution is 1.28. The molecule has 0 aliphatic heterocycles. The Balaban J connectivity index is 1.43. The highest BCUT2D eigenvalue weighted by Gasteiger charge is 2.11. The van der Waals surface area contributed by atoms with E-state index in [1.807, 2.05) is 30.3 Å². The van der Waals surface area contributed by atoms with Gasteiger partial charge in [0.15, 0.2) is 0 Å². The molecule has 0 aliphatic rings. The summed E-state index contributed by atoms with van der Waals surface area (Å²) >= 11 is 0. The second kappa shape index (κ2) is 8.68. The van der Waals surface area contributed by atoms with Crippen LogP contribution in [0.2, 0.25) is 0 Å². The van der Waals surface area contributed by atoms with Gasteiger partial charge in [0, 0.05) is 22.4 Å². The first-order valence-electron chi connectivity index (χ1n) is 10.4. The summed E-state index contributed by atoms with van der Waals surface area (Å²) in [5.74, 6) is 0. The SMILES string of the molecule is C(=C\c1ccc2ccccc2n1)/c1ccc(N(c2ccccc2)c2ccccc2)cc1. The molecular formula is C29H22N2. The van der Waals surface area contributed by atoms with Gasteiger partial charge in [0.2, 0.25) is 0 Å². The summed E-state index contributed by atoms with van der Waals surface area (Å²) in [5, 5.41) is 1.16. The fourth-order valence-electron chi connectivity index (χ4n) is 3.69. The molecule has 1 heterocycles. The highest BCUT2D eigenvalue weighted by molar-refractivity contribution is 5.81. The zero-order valence-electron chi connectivity index (χ0n) is 17.1. The van der Waals surface area contributed by atoms with E-state index < -0.39 is 0 Å². The maximum atomic E-state index is 4.72. The maximum Gasteiger partial charge on any atom is 0.0709 e. The van der Waals surface area contributed by atoms with E-state index in [9.17, 15) is 0 Å². The molecule has 0 unspecified atom stereocenters. The average molecular weight is 399 g/mol. The zero-order chi connectivity index (χ0) is 20.9. The lowest BCUT2D eigenvalue weighted by Crippen LogP contribution is -2.09. The van der Waals surface area contributed by atoms with Gasteiger partial charge in [0.05, 0.1) is 11.2 Å². The summed E-state index contributed by atoms with van der Waals surface area (Å²) in [7, 11) is 0. The van der Waals surface area contributed by atoms with E-state index in [0.29, 0.717) is 0 Å². The number of pyridine rings is 1. The summed E-state index contributed by atoms with van der Waals surface area (Å²) in [5.41, 5.74) is 6.51. The first-order valence-corrected chi connectivity index (χ1v) is 10.4. The minimum Gasteiger partial charge on any atom is -0.311 e. The van der Waals surface area contributed by atoms with Crippen molar-refractivity contribution in [1.29, 1.82) is 0 Å². The van der Waals surface area contributed by atoms with E-state index in [2.05, 4.69) is 108 Å². The molecule has 0 saturated heterocycles. The Morgan fingerprint density at radius 2 is 1.06 bits per heavy atom. The predicted octanol–water partition coefficient (Wildman–Crippen LogP) is 7.88. The van der Waals surface area contributed by atoms with Crippen molar-refractivity contribution >= 4 is 40.1 Å². The van der Waals surface area contributed by atoms with Crippen LogP contribution in [0.4, 0.5) is 17.1 Å². The van der Waals surface area contributed by atoms with Crippen molar-refractivity contribution in [2.45, 2.75) is 0 Å². The Morgan fingerprint density at radius 3 is 1.74 bits per heavy atom. The van der Waals surface area contributed by atoms with Crippen molar-refractivity contribution in [3.05, 3.63) is 133 Å². The molecule has 5 rings (SSSR count). The van der Waals surface area contributed by atoms with Crippen molar-refractivity contribution in [2.24, 2.45) is 0 Å². The molecule has 0 N–H and O–H groups in total. The molecule has 0 atom stereocenters. The van der Waals surface area contributed by atoms with Gasteiger partial charge in [0.1, 0.15) is 0 Å². The van der Waals surface area contributed by atoms with Crippen LogP contribution in [0.5, 0.6) is 0 Å². The van der Waals surface area contributed by atoms with E-state index in [1.165, 1.54) is 0 Å². The molecular weight excluding hydrogens is 376 g/mol. The molecule has 2 nitrogen and oxygen atoms in total. The summed E-state index contributed by atoms with van der Waals surface area (Å²) in [6, 6.07) is 41.8. The van der Waals surface area contributed by atoms with Crippen molar-refractivity contribution in [3.8, 4) is 0 Å². The van der Waals surface area contributed by atoms with Crippen molar-refractivity contribution in [1.82, 2.24) is 4.98 Å². The molecule has 31 heavy (non-hydrogen) atoms. The summed E-state index contributed by atoms with van der Waals surface area (Å²) in [6.07, 6.45) is 4.17. The van der Waals surface area contributed by atoms with Gasteiger partial charge in [-0.1, -0.05) is 78.9 Å². The number of hydrogen-bond donors (Lipinski definition) is 0. The second-order valence-corrected chi connectivity index (χ2v) is 7.36. The van der Waals surface area contributed by atoms with Gasteiger partial charge in [-0.3, -0.25) is 0 Å². The normalized spacial score (nSPS) is 11.1. The molecule has 0 radical (unpaired) electrons. The Labute approximate surface area is 182 Å². The van der Waals surface area contributed by atoms with E-state index in [4.69, 9.17) is 4.98 Å². The number of rotatable bonds is 5. The van der Waals surface area contributed by atoms with Crippen LogP contribution in [-0.4, -0.2) is 4.98 Å². The molecule has 1 aromatic heterocycles. The average Bonchev–Trinajstić information content (AvgIpc) is 2.85. The second-order valence-electron chi connectivity index (χ2n) is 7.36. The van der Waals surface area contributed by atoms with Gasteiger partial charge in [-0.05, 0) is 60.2 Å². The molecule has 0 saturated carbocycles. The first kappa shape index (κ1) is 18.8. The van der Waals surface area contributed by atoms with Crippen LogP contribution >= 0.6 is 0 Å². The summed E-state index contributed by atoms with van der Waals surface area (Å²) in [6.45, 7) is 0. The van der Waals surface area contributed by atoms with Crippen LogP contribution in [-0.2, 0) is 0 Å². The van der Waals surface area contributed by atoms with Gasteiger partial charge < -0.3 is 4.90 Å². The smallest absolute Gasteiger partial charge is 0.0709 e. The van der Waals surface area contributed by atoms with Crippen LogP contribution in [0, 0.1) is 0 Å².